The maximum absolute atomic E-state index is 5.64. The maximum Gasteiger partial charge on any atom is 0.0642 e. The van der Waals surface area contributed by atoms with Crippen molar-refractivity contribution in [2.24, 2.45) is 0 Å². The summed E-state index contributed by atoms with van der Waals surface area (Å²) in [6.07, 6.45) is 3.33. The van der Waals surface area contributed by atoms with Crippen LogP contribution in [0.4, 0.5) is 5.69 Å². The van der Waals surface area contributed by atoms with Crippen molar-refractivity contribution in [2.75, 3.05) is 49.7 Å². The first-order valence-corrected chi connectivity index (χ1v) is 8.57. The third-order valence-corrected chi connectivity index (χ3v) is 4.08. The Balaban J connectivity index is 1.68. The molecule has 1 aliphatic heterocycles. The predicted molar refractivity (Wildman–Crippen MR) is 87.0 cm³/mol. The van der Waals surface area contributed by atoms with E-state index in [9.17, 15) is 0 Å². The van der Waals surface area contributed by atoms with Crippen molar-refractivity contribution < 1.29 is 9.47 Å². The van der Waals surface area contributed by atoms with Gasteiger partial charge in [-0.05, 0) is 37.0 Å². The van der Waals surface area contributed by atoms with Gasteiger partial charge in [0.2, 0.25) is 0 Å². The van der Waals surface area contributed by atoms with E-state index in [1.54, 1.807) is 0 Å². The lowest BCUT2D eigenvalue weighted by atomic mass is 10.1. The van der Waals surface area contributed by atoms with Crippen molar-refractivity contribution in [1.82, 2.24) is 0 Å². The number of nitrogens with zero attached hydrogens (tertiary/aromatic N) is 1. The van der Waals surface area contributed by atoms with E-state index in [4.69, 9.17) is 9.47 Å². The molecule has 0 aliphatic carbocycles. The number of halogens is 1. The Hall–Kier alpha value is -0.580. The Labute approximate surface area is 130 Å². The molecular formula is C16H24BrNO2. The summed E-state index contributed by atoms with van der Waals surface area (Å²) in [4.78, 5) is 2.38. The van der Waals surface area contributed by atoms with Crippen molar-refractivity contribution in [3.63, 3.8) is 0 Å². The van der Waals surface area contributed by atoms with E-state index in [2.05, 4.69) is 45.1 Å². The molecule has 0 radical (unpaired) electrons. The molecule has 112 valence electrons. The number of unbranched alkanes of at least 4 members (excludes halogenated alkanes) is 1. The van der Waals surface area contributed by atoms with Gasteiger partial charge in [0.1, 0.15) is 0 Å². The van der Waals surface area contributed by atoms with E-state index < -0.39 is 0 Å². The molecule has 3 nitrogen and oxygen atoms in total. The lowest BCUT2D eigenvalue weighted by molar-refractivity contribution is 0.122. The van der Waals surface area contributed by atoms with Gasteiger partial charge in [0.15, 0.2) is 0 Å². The number of hydrogen-bond donors (Lipinski definition) is 0. The average Bonchev–Trinajstić information content (AvgIpc) is 2.52. The fourth-order valence-corrected chi connectivity index (χ4v) is 2.68. The SMILES string of the molecule is BrCCCCOCCc1ccc(N2CCOCC2)cc1. The highest BCUT2D eigenvalue weighted by Crippen LogP contribution is 2.16. The van der Waals surface area contributed by atoms with Crippen LogP contribution in [-0.2, 0) is 15.9 Å². The monoisotopic (exact) mass is 341 g/mol. The first-order valence-electron chi connectivity index (χ1n) is 7.45. The van der Waals surface area contributed by atoms with Crippen molar-refractivity contribution >= 4 is 21.6 Å². The lowest BCUT2D eigenvalue weighted by Crippen LogP contribution is -2.36. The summed E-state index contributed by atoms with van der Waals surface area (Å²) in [7, 11) is 0. The Morgan fingerprint density at radius 2 is 1.80 bits per heavy atom. The largest absolute Gasteiger partial charge is 0.381 e. The summed E-state index contributed by atoms with van der Waals surface area (Å²) in [6, 6.07) is 8.86. The summed E-state index contributed by atoms with van der Waals surface area (Å²) >= 11 is 3.43. The van der Waals surface area contributed by atoms with Gasteiger partial charge >= 0.3 is 0 Å². The Morgan fingerprint density at radius 1 is 1.05 bits per heavy atom. The molecule has 0 unspecified atom stereocenters. The van der Waals surface area contributed by atoms with Crippen LogP contribution in [-0.4, -0.2) is 44.8 Å². The summed E-state index contributed by atoms with van der Waals surface area (Å²) in [6.45, 7) is 5.36. The van der Waals surface area contributed by atoms with E-state index in [0.717, 1.165) is 57.7 Å². The summed E-state index contributed by atoms with van der Waals surface area (Å²) in [5.74, 6) is 0. The summed E-state index contributed by atoms with van der Waals surface area (Å²) in [5, 5.41) is 1.07. The average molecular weight is 342 g/mol. The topological polar surface area (TPSA) is 21.7 Å². The fourth-order valence-electron chi connectivity index (χ4n) is 2.29. The molecule has 0 saturated carbocycles. The molecule has 2 rings (SSSR count). The van der Waals surface area contributed by atoms with Gasteiger partial charge in [-0.2, -0.15) is 0 Å². The molecule has 1 saturated heterocycles. The van der Waals surface area contributed by atoms with E-state index >= 15 is 0 Å². The third kappa shape index (κ3) is 5.43. The van der Waals surface area contributed by atoms with Crippen LogP contribution in [0.15, 0.2) is 24.3 Å². The highest BCUT2D eigenvalue weighted by Gasteiger charge is 2.10. The van der Waals surface area contributed by atoms with Crippen molar-refractivity contribution in [3.8, 4) is 0 Å². The van der Waals surface area contributed by atoms with Crippen LogP contribution in [0.2, 0.25) is 0 Å². The van der Waals surface area contributed by atoms with Gasteiger partial charge in [-0.1, -0.05) is 28.1 Å². The van der Waals surface area contributed by atoms with Crippen LogP contribution in [0, 0.1) is 0 Å². The number of hydrogen-bond acceptors (Lipinski definition) is 3. The number of alkyl halides is 1. The Morgan fingerprint density at radius 3 is 2.50 bits per heavy atom. The molecule has 0 aromatic heterocycles. The van der Waals surface area contributed by atoms with Crippen LogP contribution < -0.4 is 4.90 Å². The van der Waals surface area contributed by atoms with Gasteiger partial charge in [0, 0.05) is 30.7 Å². The van der Waals surface area contributed by atoms with Crippen LogP contribution in [0.3, 0.4) is 0 Å². The smallest absolute Gasteiger partial charge is 0.0642 e. The zero-order chi connectivity index (χ0) is 14.0. The maximum atomic E-state index is 5.64. The lowest BCUT2D eigenvalue weighted by Gasteiger charge is -2.28. The third-order valence-electron chi connectivity index (χ3n) is 3.52. The quantitative estimate of drug-likeness (QED) is 0.535. The van der Waals surface area contributed by atoms with Gasteiger partial charge in [0.05, 0.1) is 19.8 Å². The molecule has 20 heavy (non-hydrogen) atoms. The Kier molecular flexibility index (Phi) is 7.41. The zero-order valence-electron chi connectivity index (χ0n) is 12.0. The van der Waals surface area contributed by atoms with E-state index in [-0.39, 0.29) is 0 Å². The van der Waals surface area contributed by atoms with Gasteiger partial charge < -0.3 is 14.4 Å². The molecule has 0 N–H and O–H groups in total. The highest BCUT2D eigenvalue weighted by atomic mass is 79.9. The van der Waals surface area contributed by atoms with Crippen LogP contribution in [0.5, 0.6) is 0 Å². The number of rotatable bonds is 8. The zero-order valence-corrected chi connectivity index (χ0v) is 13.6. The van der Waals surface area contributed by atoms with Crippen molar-refractivity contribution in [3.05, 3.63) is 29.8 Å². The minimum atomic E-state index is 0.819. The number of anilines is 1. The van der Waals surface area contributed by atoms with E-state index in [1.165, 1.54) is 17.7 Å². The molecule has 0 bridgehead atoms. The predicted octanol–water partition coefficient (Wildman–Crippen LogP) is 3.26. The highest BCUT2D eigenvalue weighted by molar-refractivity contribution is 9.09. The molecule has 1 heterocycles. The number of benzene rings is 1. The van der Waals surface area contributed by atoms with Gasteiger partial charge in [-0.3, -0.25) is 0 Å². The second-order valence-corrected chi connectivity index (χ2v) is 5.82. The molecule has 1 aromatic carbocycles. The molecular weight excluding hydrogens is 318 g/mol. The van der Waals surface area contributed by atoms with Crippen molar-refractivity contribution in [2.45, 2.75) is 19.3 Å². The minimum absolute atomic E-state index is 0.819. The van der Waals surface area contributed by atoms with Gasteiger partial charge in [-0.15, -0.1) is 0 Å². The van der Waals surface area contributed by atoms with E-state index in [1.807, 2.05) is 0 Å². The van der Waals surface area contributed by atoms with E-state index in [0.29, 0.717) is 0 Å². The molecule has 0 atom stereocenters. The minimum Gasteiger partial charge on any atom is -0.381 e. The molecule has 4 heteroatoms. The summed E-state index contributed by atoms with van der Waals surface area (Å²) < 4.78 is 11.0. The molecule has 0 amide bonds. The van der Waals surface area contributed by atoms with Crippen LogP contribution in [0.25, 0.3) is 0 Å². The summed E-state index contributed by atoms with van der Waals surface area (Å²) in [5.41, 5.74) is 2.65. The molecule has 1 fully saturated rings. The first kappa shape index (κ1) is 15.8. The standard InChI is InChI=1S/C16H24BrNO2/c17-8-1-2-11-19-12-7-15-3-5-16(6-4-15)18-9-13-20-14-10-18/h3-6H,1-2,7-14H2. The Bertz CT molecular complexity index is 363. The molecule has 1 aliphatic rings. The molecule has 0 spiro atoms. The number of morpholine rings is 1. The number of ether oxygens (including phenoxy) is 2. The second kappa shape index (κ2) is 9.37. The van der Waals surface area contributed by atoms with Crippen LogP contribution in [0.1, 0.15) is 18.4 Å². The van der Waals surface area contributed by atoms with Gasteiger partial charge in [-0.25, -0.2) is 0 Å². The van der Waals surface area contributed by atoms with Crippen LogP contribution >= 0.6 is 15.9 Å². The van der Waals surface area contributed by atoms with Crippen molar-refractivity contribution in [1.29, 1.82) is 0 Å². The second-order valence-electron chi connectivity index (χ2n) is 5.02. The fraction of sp³-hybridized carbons (Fsp3) is 0.625. The molecule has 1 aromatic rings. The normalized spacial score (nSPS) is 15.6. The van der Waals surface area contributed by atoms with Gasteiger partial charge in [0.25, 0.3) is 0 Å². The first-order chi connectivity index (χ1) is 9.90.